The third kappa shape index (κ3) is 2.96. The van der Waals surface area contributed by atoms with Crippen LogP contribution in [0, 0.1) is 0 Å². The quantitative estimate of drug-likeness (QED) is 0.699. The minimum atomic E-state index is -0.287. The predicted molar refractivity (Wildman–Crippen MR) is 93.0 cm³/mol. The Bertz CT molecular complexity index is 941. The van der Waals surface area contributed by atoms with Crippen LogP contribution < -0.4 is 9.64 Å². The first kappa shape index (κ1) is 15.7. The number of fused-ring (bicyclic) bond motifs is 1. The number of nitrogens with zero attached hydrogens (tertiary/aromatic N) is 3. The van der Waals surface area contributed by atoms with E-state index >= 15 is 0 Å². The fourth-order valence-electron chi connectivity index (χ4n) is 2.75. The van der Waals surface area contributed by atoms with Crippen molar-refractivity contribution in [3.8, 4) is 17.1 Å². The molecular weight excluding hydrogens is 342 g/mol. The molecule has 1 aliphatic heterocycles. The van der Waals surface area contributed by atoms with E-state index in [1.165, 1.54) is 0 Å². The molecule has 6 nitrogen and oxygen atoms in total. The maximum atomic E-state index is 12.9. The summed E-state index contributed by atoms with van der Waals surface area (Å²) in [6.45, 7) is 2.29. The SMILES string of the molecule is C[C@H]1CN(C(=O)c2cc(-c3cccc(Cl)c3)no2)c2cccnc2O1. The molecule has 126 valence electrons. The molecule has 0 saturated carbocycles. The van der Waals surface area contributed by atoms with Crippen molar-refractivity contribution in [2.75, 3.05) is 11.4 Å². The number of rotatable bonds is 2. The summed E-state index contributed by atoms with van der Waals surface area (Å²) in [5.74, 6) is 0.299. The number of hydrogen-bond donors (Lipinski definition) is 0. The Balaban J connectivity index is 1.66. The van der Waals surface area contributed by atoms with Gasteiger partial charge in [-0.15, -0.1) is 0 Å². The Hall–Kier alpha value is -2.86. The van der Waals surface area contributed by atoms with Gasteiger partial charge < -0.3 is 9.26 Å². The number of ether oxygens (including phenoxy) is 1. The lowest BCUT2D eigenvalue weighted by Crippen LogP contribution is -2.42. The summed E-state index contributed by atoms with van der Waals surface area (Å²) in [5, 5.41) is 4.58. The highest BCUT2D eigenvalue weighted by Crippen LogP contribution is 2.32. The molecule has 0 bridgehead atoms. The molecule has 0 saturated heterocycles. The smallest absolute Gasteiger partial charge is 0.297 e. The molecule has 7 heteroatoms. The Morgan fingerprint density at radius 1 is 1.28 bits per heavy atom. The number of amides is 1. The average Bonchev–Trinajstić information content (AvgIpc) is 3.10. The minimum absolute atomic E-state index is 0.152. The number of carbonyl (C=O) groups excluding carboxylic acids is 1. The van der Waals surface area contributed by atoms with Crippen molar-refractivity contribution in [1.82, 2.24) is 10.1 Å². The van der Waals surface area contributed by atoms with Crippen LogP contribution in [0.3, 0.4) is 0 Å². The maximum absolute atomic E-state index is 12.9. The van der Waals surface area contributed by atoms with E-state index in [1.807, 2.05) is 19.1 Å². The lowest BCUT2D eigenvalue weighted by atomic mass is 10.1. The highest BCUT2D eigenvalue weighted by Gasteiger charge is 2.31. The van der Waals surface area contributed by atoms with Crippen molar-refractivity contribution in [1.29, 1.82) is 0 Å². The summed E-state index contributed by atoms with van der Waals surface area (Å²) in [7, 11) is 0. The lowest BCUT2D eigenvalue weighted by molar-refractivity contribution is 0.0923. The molecule has 25 heavy (non-hydrogen) atoms. The Labute approximate surface area is 149 Å². The highest BCUT2D eigenvalue weighted by molar-refractivity contribution is 6.30. The van der Waals surface area contributed by atoms with Crippen molar-refractivity contribution >= 4 is 23.2 Å². The first-order valence-electron chi connectivity index (χ1n) is 7.78. The van der Waals surface area contributed by atoms with Crippen LogP contribution in [-0.4, -0.2) is 28.7 Å². The Morgan fingerprint density at radius 2 is 2.16 bits per heavy atom. The van der Waals surface area contributed by atoms with Gasteiger partial charge in [-0.1, -0.05) is 28.9 Å². The van der Waals surface area contributed by atoms with Crippen LogP contribution in [0.1, 0.15) is 17.5 Å². The van der Waals surface area contributed by atoms with Gasteiger partial charge in [-0.25, -0.2) is 4.98 Å². The number of aromatic nitrogens is 2. The first-order valence-corrected chi connectivity index (χ1v) is 8.16. The Kier molecular flexibility index (Phi) is 3.89. The van der Waals surface area contributed by atoms with Gasteiger partial charge in [0.05, 0.1) is 6.54 Å². The van der Waals surface area contributed by atoms with Crippen LogP contribution >= 0.6 is 11.6 Å². The van der Waals surface area contributed by atoms with E-state index in [0.717, 1.165) is 5.56 Å². The minimum Gasteiger partial charge on any atom is -0.471 e. The second-order valence-electron chi connectivity index (χ2n) is 5.76. The molecule has 2 aromatic heterocycles. The predicted octanol–water partition coefficient (Wildman–Crippen LogP) is 3.82. The van der Waals surface area contributed by atoms with E-state index in [2.05, 4.69) is 10.1 Å². The fraction of sp³-hybridized carbons (Fsp3) is 0.167. The average molecular weight is 356 g/mol. The van der Waals surface area contributed by atoms with Crippen molar-refractivity contribution in [2.24, 2.45) is 0 Å². The standard InChI is InChI=1S/C18H14ClN3O3/c1-11-10-22(15-6-3-7-20-17(15)24-11)18(23)16-9-14(21-25-16)12-4-2-5-13(19)8-12/h2-9,11H,10H2,1H3/t11-/m0/s1. The number of hydrogen-bond acceptors (Lipinski definition) is 5. The number of pyridine rings is 1. The molecule has 0 spiro atoms. The van der Waals surface area contributed by atoms with Crippen LogP contribution in [0.25, 0.3) is 11.3 Å². The van der Waals surface area contributed by atoms with Gasteiger partial charge in [0, 0.05) is 22.8 Å². The van der Waals surface area contributed by atoms with Crippen LogP contribution in [0.2, 0.25) is 5.02 Å². The molecule has 1 aliphatic rings. The summed E-state index contributed by atoms with van der Waals surface area (Å²) in [6, 6.07) is 12.4. The van der Waals surface area contributed by atoms with Crippen molar-refractivity contribution in [3.63, 3.8) is 0 Å². The lowest BCUT2D eigenvalue weighted by Gasteiger charge is -2.31. The Morgan fingerprint density at radius 3 is 3.00 bits per heavy atom. The topological polar surface area (TPSA) is 68.5 Å². The number of anilines is 1. The first-order chi connectivity index (χ1) is 12.1. The van der Waals surface area contributed by atoms with Gasteiger partial charge in [0.2, 0.25) is 11.6 Å². The van der Waals surface area contributed by atoms with Gasteiger partial charge in [0.1, 0.15) is 17.5 Å². The molecule has 0 unspecified atom stereocenters. The second-order valence-corrected chi connectivity index (χ2v) is 6.20. The van der Waals surface area contributed by atoms with E-state index in [-0.39, 0.29) is 17.8 Å². The van der Waals surface area contributed by atoms with Crippen molar-refractivity contribution < 1.29 is 14.1 Å². The molecule has 1 atom stereocenters. The van der Waals surface area contributed by atoms with E-state index in [1.54, 1.807) is 41.4 Å². The summed E-state index contributed by atoms with van der Waals surface area (Å²) in [4.78, 5) is 18.7. The molecule has 3 heterocycles. The molecule has 0 fully saturated rings. The van der Waals surface area contributed by atoms with Gasteiger partial charge in [-0.05, 0) is 31.2 Å². The zero-order valence-electron chi connectivity index (χ0n) is 13.3. The molecule has 4 rings (SSSR count). The molecular formula is C18H14ClN3O3. The number of halogens is 1. The van der Waals surface area contributed by atoms with Crippen molar-refractivity contribution in [2.45, 2.75) is 13.0 Å². The van der Waals surface area contributed by atoms with Gasteiger partial charge in [-0.3, -0.25) is 9.69 Å². The maximum Gasteiger partial charge on any atom is 0.297 e. The zero-order chi connectivity index (χ0) is 17.4. The molecule has 0 N–H and O–H groups in total. The van der Waals surface area contributed by atoms with E-state index in [0.29, 0.717) is 28.8 Å². The number of carbonyl (C=O) groups is 1. The summed E-state index contributed by atoms with van der Waals surface area (Å²) >= 11 is 6.00. The second kappa shape index (κ2) is 6.22. The van der Waals surface area contributed by atoms with Crippen LogP contribution in [0.15, 0.2) is 53.2 Å². The van der Waals surface area contributed by atoms with E-state index in [4.69, 9.17) is 20.9 Å². The largest absolute Gasteiger partial charge is 0.471 e. The summed E-state index contributed by atoms with van der Waals surface area (Å²) in [6.07, 6.45) is 1.47. The monoisotopic (exact) mass is 355 g/mol. The third-order valence-electron chi connectivity index (χ3n) is 3.88. The summed E-state index contributed by atoms with van der Waals surface area (Å²) in [5.41, 5.74) is 1.96. The molecule has 1 amide bonds. The molecule has 1 aromatic carbocycles. The number of benzene rings is 1. The summed E-state index contributed by atoms with van der Waals surface area (Å²) < 4.78 is 10.9. The fourth-order valence-corrected chi connectivity index (χ4v) is 2.94. The zero-order valence-corrected chi connectivity index (χ0v) is 14.1. The van der Waals surface area contributed by atoms with Gasteiger partial charge in [0.25, 0.3) is 5.91 Å². The van der Waals surface area contributed by atoms with Crippen LogP contribution in [0.5, 0.6) is 5.88 Å². The molecule has 0 aliphatic carbocycles. The van der Waals surface area contributed by atoms with Gasteiger partial charge in [-0.2, -0.15) is 0 Å². The van der Waals surface area contributed by atoms with Crippen LogP contribution in [0.4, 0.5) is 5.69 Å². The van der Waals surface area contributed by atoms with E-state index < -0.39 is 0 Å². The molecule has 3 aromatic rings. The van der Waals surface area contributed by atoms with Gasteiger partial charge >= 0.3 is 0 Å². The third-order valence-corrected chi connectivity index (χ3v) is 4.12. The highest BCUT2D eigenvalue weighted by atomic mass is 35.5. The molecule has 0 radical (unpaired) electrons. The normalized spacial score (nSPS) is 16.2. The van der Waals surface area contributed by atoms with Crippen LogP contribution in [-0.2, 0) is 0 Å². The van der Waals surface area contributed by atoms with E-state index in [9.17, 15) is 4.79 Å². The van der Waals surface area contributed by atoms with Gasteiger partial charge in [0.15, 0.2) is 0 Å². The van der Waals surface area contributed by atoms with Crippen molar-refractivity contribution in [3.05, 3.63) is 59.4 Å².